The molecule has 0 atom stereocenters. The Morgan fingerprint density at radius 1 is 1.86 bits per heavy atom. The van der Waals surface area contributed by atoms with Gasteiger partial charge in [-0.05, 0) is 6.92 Å². The first-order valence-electron chi connectivity index (χ1n) is 1.75. The highest BCUT2D eigenvalue weighted by atomic mass is 127. The fourth-order valence-electron chi connectivity index (χ4n) is 0.122. The van der Waals surface area contributed by atoms with E-state index in [2.05, 4.69) is 32.7 Å². The number of alkyl halides is 1. The van der Waals surface area contributed by atoms with Crippen LogP contribution in [0.15, 0.2) is 10.1 Å². The molecule has 0 aliphatic rings. The number of amidine groups is 1. The Kier molecular flexibility index (Phi) is 4.17. The zero-order valence-corrected chi connectivity index (χ0v) is 6.14. The number of nitrogens with zero attached hydrogens (tertiary/aromatic N) is 2. The van der Waals surface area contributed by atoms with Crippen LogP contribution in [-0.4, -0.2) is 10.4 Å². The third-order valence-electron chi connectivity index (χ3n) is 0.450. The molecule has 0 bridgehead atoms. The lowest BCUT2D eigenvalue weighted by Gasteiger charge is -1.80. The predicted molar refractivity (Wildman–Crippen MR) is 37.1 cm³/mol. The lowest BCUT2D eigenvalue weighted by molar-refractivity contribution is 1.16. The summed E-state index contributed by atoms with van der Waals surface area (Å²) in [5, 5.41) is 3.07. The van der Waals surface area contributed by atoms with Crippen LogP contribution < -0.4 is 0 Å². The van der Waals surface area contributed by atoms with E-state index in [4.69, 9.17) is 5.53 Å². The summed E-state index contributed by atoms with van der Waals surface area (Å²) in [6.07, 6.45) is 0. The van der Waals surface area contributed by atoms with Crippen molar-refractivity contribution in [3.8, 4) is 0 Å². The lowest BCUT2D eigenvalue weighted by atomic mass is 10.7. The van der Waals surface area contributed by atoms with E-state index in [1.54, 1.807) is 6.92 Å². The quantitative estimate of drug-likeness (QED) is 0.172. The fraction of sp³-hybridized carbons (Fsp3) is 0.667. The average molecular weight is 211 g/mol. The Bertz CT molecular complexity index is 88.2. The summed E-state index contributed by atoms with van der Waals surface area (Å²) >= 11 is 2.10. The standard InChI is InChI=1S/C3H6IN3/c1-3(7-5)6-2-4/h5H,2H2,1H3/b6-3-,7-5?. The summed E-state index contributed by atoms with van der Waals surface area (Å²) < 4.78 is 0.686. The average Bonchev–Trinajstić information content (AvgIpc) is 1.68. The Morgan fingerprint density at radius 3 is 2.57 bits per heavy atom. The molecular formula is C3H6IN3. The molecule has 0 amide bonds. The van der Waals surface area contributed by atoms with E-state index < -0.39 is 0 Å². The molecule has 0 fully saturated rings. The van der Waals surface area contributed by atoms with Gasteiger partial charge in [0.1, 0.15) is 5.84 Å². The maximum absolute atomic E-state index is 6.40. The second-order valence-corrected chi connectivity index (χ2v) is 1.62. The molecule has 0 rings (SSSR count). The van der Waals surface area contributed by atoms with Crippen LogP contribution in [0.2, 0.25) is 0 Å². The second-order valence-electron chi connectivity index (χ2n) is 0.937. The van der Waals surface area contributed by atoms with E-state index in [-0.39, 0.29) is 0 Å². The molecule has 0 aliphatic heterocycles. The van der Waals surface area contributed by atoms with Crippen LogP contribution in [0.3, 0.4) is 0 Å². The first kappa shape index (κ1) is 7.00. The molecular weight excluding hydrogens is 205 g/mol. The summed E-state index contributed by atoms with van der Waals surface area (Å²) in [5.41, 5.74) is 6.40. The van der Waals surface area contributed by atoms with Crippen molar-refractivity contribution < 1.29 is 0 Å². The van der Waals surface area contributed by atoms with Crippen molar-refractivity contribution in [1.82, 2.24) is 0 Å². The van der Waals surface area contributed by atoms with Crippen molar-refractivity contribution in [2.75, 3.05) is 4.55 Å². The van der Waals surface area contributed by atoms with E-state index in [1.165, 1.54) is 0 Å². The molecule has 0 aromatic heterocycles. The summed E-state index contributed by atoms with van der Waals surface area (Å²) in [4.78, 5) is 3.79. The maximum atomic E-state index is 6.40. The lowest BCUT2D eigenvalue weighted by Crippen LogP contribution is -1.80. The molecule has 0 aliphatic carbocycles. The molecule has 0 spiro atoms. The molecule has 0 saturated carbocycles. The van der Waals surface area contributed by atoms with Gasteiger partial charge in [0.15, 0.2) is 0 Å². The highest BCUT2D eigenvalue weighted by Crippen LogP contribution is 1.84. The third-order valence-corrected chi connectivity index (χ3v) is 0.792. The van der Waals surface area contributed by atoms with Gasteiger partial charge in [-0.15, -0.1) is 5.11 Å². The zero-order valence-electron chi connectivity index (χ0n) is 3.98. The van der Waals surface area contributed by atoms with Gasteiger partial charge < -0.3 is 0 Å². The summed E-state index contributed by atoms with van der Waals surface area (Å²) in [7, 11) is 0. The molecule has 1 N–H and O–H groups in total. The summed E-state index contributed by atoms with van der Waals surface area (Å²) in [5.74, 6) is 0.536. The van der Waals surface area contributed by atoms with Gasteiger partial charge in [-0.2, -0.15) is 0 Å². The van der Waals surface area contributed by atoms with E-state index in [0.29, 0.717) is 10.4 Å². The van der Waals surface area contributed by atoms with Gasteiger partial charge in [0, 0.05) is 0 Å². The topological polar surface area (TPSA) is 48.6 Å². The van der Waals surface area contributed by atoms with Gasteiger partial charge in [0.05, 0.1) is 4.55 Å². The largest absolute Gasteiger partial charge is 0.258 e. The minimum Gasteiger partial charge on any atom is -0.258 e. The van der Waals surface area contributed by atoms with E-state index in [1.807, 2.05) is 0 Å². The highest BCUT2D eigenvalue weighted by molar-refractivity contribution is 14.1. The van der Waals surface area contributed by atoms with Crippen molar-refractivity contribution in [2.24, 2.45) is 10.1 Å². The number of rotatable bonds is 1. The number of aliphatic imine (C=N–C) groups is 1. The minimum atomic E-state index is 0.536. The smallest absolute Gasteiger partial charge is 0.143 e. The molecule has 0 aromatic carbocycles. The normalized spacial score (nSPS) is 11.4. The van der Waals surface area contributed by atoms with Crippen LogP contribution in [0.1, 0.15) is 6.92 Å². The van der Waals surface area contributed by atoms with Crippen LogP contribution in [-0.2, 0) is 0 Å². The minimum absolute atomic E-state index is 0.536. The molecule has 0 saturated heterocycles. The van der Waals surface area contributed by atoms with Crippen LogP contribution in [0.5, 0.6) is 0 Å². The predicted octanol–water partition coefficient (Wildman–Crippen LogP) is 1.83. The highest BCUT2D eigenvalue weighted by Gasteiger charge is 1.76. The second kappa shape index (κ2) is 4.17. The first-order chi connectivity index (χ1) is 3.31. The Morgan fingerprint density at radius 2 is 2.43 bits per heavy atom. The van der Waals surface area contributed by atoms with Gasteiger partial charge in [-0.1, -0.05) is 22.6 Å². The van der Waals surface area contributed by atoms with Crippen molar-refractivity contribution in [1.29, 1.82) is 5.53 Å². The van der Waals surface area contributed by atoms with E-state index in [0.717, 1.165) is 0 Å². The van der Waals surface area contributed by atoms with Crippen LogP contribution in [0, 0.1) is 5.53 Å². The van der Waals surface area contributed by atoms with Gasteiger partial charge >= 0.3 is 0 Å². The Labute approximate surface area is 55.9 Å². The zero-order chi connectivity index (χ0) is 5.70. The van der Waals surface area contributed by atoms with Crippen molar-refractivity contribution in [3.63, 3.8) is 0 Å². The van der Waals surface area contributed by atoms with E-state index >= 15 is 0 Å². The van der Waals surface area contributed by atoms with Crippen LogP contribution >= 0.6 is 22.6 Å². The van der Waals surface area contributed by atoms with Crippen LogP contribution in [0.4, 0.5) is 0 Å². The molecule has 4 heteroatoms. The maximum Gasteiger partial charge on any atom is 0.143 e. The van der Waals surface area contributed by atoms with Crippen molar-refractivity contribution >= 4 is 28.4 Å². The van der Waals surface area contributed by atoms with Gasteiger partial charge in [-0.3, -0.25) is 4.99 Å². The van der Waals surface area contributed by atoms with Crippen molar-refractivity contribution in [2.45, 2.75) is 6.92 Å². The molecule has 0 heterocycles. The number of hydrogen-bond donors (Lipinski definition) is 1. The van der Waals surface area contributed by atoms with Gasteiger partial charge in [0.2, 0.25) is 0 Å². The summed E-state index contributed by atoms with van der Waals surface area (Å²) in [6, 6.07) is 0. The SMILES string of the molecule is C/C(N=N)=N/CI. The fourth-order valence-corrected chi connectivity index (χ4v) is 0.616. The third kappa shape index (κ3) is 3.84. The number of nitrogens with one attached hydrogen (secondary N) is 1. The molecule has 0 unspecified atom stereocenters. The molecule has 0 aromatic rings. The number of hydrogen-bond acceptors (Lipinski definition) is 2. The monoisotopic (exact) mass is 211 g/mol. The molecule has 7 heavy (non-hydrogen) atoms. The molecule has 3 nitrogen and oxygen atoms in total. The Hall–Kier alpha value is 0. The molecule has 40 valence electrons. The van der Waals surface area contributed by atoms with Crippen LogP contribution in [0.25, 0.3) is 0 Å². The number of halogens is 1. The first-order valence-corrected chi connectivity index (χ1v) is 3.28. The Balaban J connectivity index is 3.49. The summed E-state index contributed by atoms with van der Waals surface area (Å²) in [6.45, 7) is 1.70. The van der Waals surface area contributed by atoms with Gasteiger partial charge in [0.25, 0.3) is 0 Å². The molecule has 0 radical (unpaired) electrons. The van der Waals surface area contributed by atoms with Gasteiger partial charge in [-0.25, -0.2) is 5.53 Å². The van der Waals surface area contributed by atoms with Crippen molar-refractivity contribution in [3.05, 3.63) is 0 Å². The van der Waals surface area contributed by atoms with E-state index in [9.17, 15) is 0 Å².